The molecule has 0 spiro atoms. The van der Waals surface area contributed by atoms with E-state index in [0.29, 0.717) is 24.3 Å². The number of hydrogen-bond donors (Lipinski definition) is 2. The summed E-state index contributed by atoms with van der Waals surface area (Å²) in [6, 6.07) is 7.20. The van der Waals surface area contributed by atoms with Gasteiger partial charge in [-0.1, -0.05) is 26.0 Å². The van der Waals surface area contributed by atoms with Crippen LogP contribution in [0.15, 0.2) is 24.3 Å². The van der Waals surface area contributed by atoms with Crippen LogP contribution in [0.3, 0.4) is 0 Å². The van der Waals surface area contributed by atoms with E-state index in [1.807, 2.05) is 26.0 Å². The Labute approximate surface area is 108 Å². The molecule has 1 amide bonds. The number of nitrogens with one attached hydrogen (secondary N) is 1. The highest BCUT2D eigenvalue weighted by molar-refractivity contribution is 5.90. The lowest BCUT2D eigenvalue weighted by Gasteiger charge is -2.25. The molecule has 0 aliphatic rings. The molecule has 0 heterocycles. The summed E-state index contributed by atoms with van der Waals surface area (Å²) < 4.78 is 5.62. The lowest BCUT2D eigenvalue weighted by Crippen LogP contribution is -2.34. The number of rotatable bonds is 6. The van der Waals surface area contributed by atoms with E-state index in [2.05, 4.69) is 5.32 Å². The second-order valence-corrected chi connectivity index (χ2v) is 4.40. The highest BCUT2D eigenvalue weighted by Gasteiger charge is 2.23. The van der Waals surface area contributed by atoms with E-state index >= 15 is 0 Å². The summed E-state index contributed by atoms with van der Waals surface area (Å²) in [5.74, 6) is 0.431. The maximum atomic E-state index is 11.1. The number of amides is 1. The minimum Gasteiger partial charge on any atom is -0.488 e. The molecule has 100 valence electrons. The van der Waals surface area contributed by atoms with Crippen molar-refractivity contribution in [3.63, 3.8) is 0 Å². The molecule has 0 aliphatic carbocycles. The first-order valence-electron chi connectivity index (χ1n) is 6.22. The topological polar surface area (TPSA) is 58.6 Å². The molecule has 18 heavy (non-hydrogen) atoms. The van der Waals surface area contributed by atoms with Crippen molar-refractivity contribution < 1.29 is 14.6 Å². The molecular formula is C14H21NO3. The minimum atomic E-state index is -0.816. The molecule has 0 atom stereocenters. The molecule has 0 unspecified atom stereocenters. The van der Waals surface area contributed by atoms with Gasteiger partial charge in [-0.3, -0.25) is 4.79 Å². The van der Waals surface area contributed by atoms with E-state index < -0.39 is 5.60 Å². The van der Waals surface area contributed by atoms with E-state index in [1.54, 1.807) is 12.1 Å². The smallest absolute Gasteiger partial charge is 0.221 e. The molecule has 4 heteroatoms. The number of carbonyl (C=O) groups excluding carboxylic acids is 1. The summed E-state index contributed by atoms with van der Waals surface area (Å²) >= 11 is 0. The number of hydrogen-bond acceptors (Lipinski definition) is 3. The predicted octanol–water partition coefficient (Wildman–Crippen LogP) is 2.57. The van der Waals surface area contributed by atoms with Gasteiger partial charge in [-0.2, -0.15) is 0 Å². The van der Waals surface area contributed by atoms with Gasteiger partial charge in [0.25, 0.3) is 0 Å². The third kappa shape index (κ3) is 4.04. The van der Waals surface area contributed by atoms with Crippen LogP contribution in [0, 0.1) is 0 Å². The van der Waals surface area contributed by atoms with Crippen LogP contribution in [0.2, 0.25) is 0 Å². The number of para-hydroxylation sites is 2. The molecule has 0 aromatic heterocycles. The van der Waals surface area contributed by atoms with Crippen molar-refractivity contribution in [1.82, 2.24) is 0 Å². The van der Waals surface area contributed by atoms with Crippen molar-refractivity contribution in [3.8, 4) is 5.75 Å². The van der Waals surface area contributed by atoms with Crippen LogP contribution < -0.4 is 10.1 Å². The molecule has 0 radical (unpaired) electrons. The Balaban J connectivity index is 2.75. The quantitative estimate of drug-likeness (QED) is 0.817. The molecule has 1 aromatic carbocycles. The van der Waals surface area contributed by atoms with Gasteiger partial charge in [-0.25, -0.2) is 0 Å². The highest BCUT2D eigenvalue weighted by atomic mass is 16.5. The minimum absolute atomic E-state index is 0.146. The van der Waals surface area contributed by atoms with Crippen molar-refractivity contribution in [3.05, 3.63) is 24.3 Å². The van der Waals surface area contributed by atoms with Gasteiger partial charge in [0.2, 0.25) is 5.91 Å². The fourth-order valence-corrected chi connectivity index (χ4v) is 1.55. The molecule has 0 saturated carbocycles. The molecule has 0 saturated heterocycles. The predicted molar refractivity (Wildman–Crippen MR) is 71.8 cm³/mol. The Hall–Kier alpha value is -1.55. The van der Waals surface area contributed by atoms with E-state index in [9.17, 15) is 9.90 Å². The van der Waals surface area contributed by atoms with Gasteiger partial charge in [-0.05, 0) is 25.0 Å². The van der Waals surface area contributed by atoms with E-state index in [1.165, 1.54) is 6.92 Å². The average molecular weight is 251 g/mol. The zero-order valence-electron chi connectivity index (χ0n) is 11.2. The van der Waals surface area contributed by atoms with Crippen LogP contribution in [0.5, 0.6) is 5.75 Å². The second kappa shape index (κ2) is 6.40. The molecule has 4 nitrogen and oxygen atoms in total. The third-order valence-electron chi connectivity index (χ3n) is 3.01. The molecule has 0 fully saturated rings. The fraction of sp³-hybridized carbons (Fsp3) is 0.500. The monoisotopic (exact) mass is 251 g/mol. The van der Waals surface area contributed by atoms with Crippen molar-refractivity contribution >= 4 is 11.6 Å². The molecule has 0 bridgehead atoms. The van der Waals surface area contributed by atoms with Crippen molar-refractivity contribution in [2.75, 3.05) is 11.9 Å². The summed E-state index contributed by atoms with van der Waals surface area (Å²) in [5, 5.41) is 12.9. The summed E-state index contributed by atoms with van der Waals surface area (Å²) in [6.07, 6.45) is 1.26. The summed E-state index contributed by atoms with van der Waals surface area (Å²) in [7, 11) is 0. The van der Waals surface area contributed by atoms with Gasteiger partial charge in [0.1, 0.15) is 12.4 Å². The van der Waals surface area contributed by atoms with Crippen LogP contribution in [-0.2, 0) is 4.79 Å². The lowest BCUT2D eigenvalue weighted by atomic mass is 9.99. The molecule has 0 aliphatic heterocycles. The Morgan fingerprint density at radius 3 is 2.50 bits per heavy atom. The zero-order valence-corrected chi connectivity index (χ0v) is 11.2. The van der Waals surface area contributed by atoms with Crippen LogP contribution in [0.4, 0.5) is 5.69 Å². The van der Waals surface area contributed by atoms with Gasteiger partial charge < -0.3 is 15.2 Å². The second-order valence-electron chi connectivity index (χ2n) is 4.40. The van der Waals surface area contributed by atoms with E-state index in [4.69, 9.17) is 4.74 Å². The number of ether oxygens (including phenoxy) is 1. The van der Waals surface area contributed by atoms with Crippen LogP contribution in [0.1, 0.15) is 33.6 Å². The Bertz CT molecular complexity index is 400. The molecular weight excluding hydrogens is 230 g/mol. The molecule has 2 N–H and O–H groups in total. The van der Waals surface area contributed by atoms with Gasteiger partial charge in [0.05, 0.1) is 11.3 Å². The largest absolute Gasteiger partial charge is 0.488 e. The fourth-order valence-electron chi connectivity index (χ4n) is 1.55. The SMILES string of the molecule is CCC(O)(CC)COc1ccccc1NC(C)=O. The van der Waals surface area contributed by atoms with Crippen LogP contribution in [-0.4, -0.2) is 23.2 Å². The Morgan fingerprint density at radius 1 is 1.33 bits per heavy atom. The van der Waals surface area contributed by atoms with E-state index in [-0.39, 0.29) is 12.5 Å². The first-order chi connectivity index (χ1) is 8.50. The summed E-state index contributed by atoms with van der Waals surface area (Å²) in [6.45, 7) is 5.51. The van der Waals surface area contributed by atoms with Gasteiger partial charge in [0, 0.05) is 6.92 Å². The van der Waals surface area contributed by atoms with Crippen molar-refractivity contribution in [2.24, 2.45) is 0 Å². The number of aliphatic hydroxyl groups is 1. The van der Waals surface area contributed by atoms with Crippen molar-refractivity contribution in [1.29, 1.82) is 0 Å². The Kier molecular flexibility index (Phi) is 5.16. The maximum Gasteiger partial charge on any atom is 0.221 e. The average Bonchev–Trinajstić information content (AvgIpc) is 2.37. The number of benzene rings is 1. The van der Waals surface area contributed by atoms with Gasteiger partial charge in [0.15, 0.2) is 0 Å². The highest BCUT2D eigenvalue weighted by Crippen LogP contribution is 2.25. The van der Waals surface area contributed by atoms with E-state index in [0.717, 1.165) is 0 Å². The first-order valence-corrected chi connectivity index (χ1v) is 6.22. The van der Waals surface area contributed by atoms with Crippen LogP contribution in [0.25, 0.3) is 0 Å². The maximum absolute atomic E-state index is 11.1. The normalized spacial score (nSPS) is 11.1. The summed E-state index contributed by atoms with van der Waals surface area (Å²) in [5.41, 5.74) is -0.192. The zero-order chi connectivity index (χ0) is 13.6. The van der Waals surface area contributed by atoms with Crippen LogP contribution >= 0.6 is 0 Å². The summed E-state index contributed by atoms with van der Waals surface area (Å²) in [4.78, 5) is 11.1. The first kappa shape index (κ1) is 14.5. The number of anilines is 1. The van der Waals surface area contributed by atoms with Gasteiger partial charge >= 0.3 is 0 Å². The van der Waals surface area contributed by atoms with Crippen molar-refractivity contribution in [2.45, 2.75) is 39.2 Å². The van der Waals surface area contributed by atoms with Gasteiger partial charge in [-0.15, -0.1) is 0 Å². The lowest BCUT2D eigenvalue weighted by molar-refractivity contribution is -0.114. The number of carbonyl (C=O) groups is 1. The Morgan fingerprint density at radius 2 is 1.94 bits per heavy atom. The molecule has 1 aromatic rings. The molecule has 1 rings (SSSR count). The standard InChI is InChI=1S/C14H21NO3/c1-4-14(17,5-2)10-18-13-9-7-6-8-12(13)15-11(3)16/h6-9,17H,4-5,10H2,1-3H3,(H,15,16). The third-order valence-corrected chi connectivity index (χ3v) is 3.01.